The van der Waals surface area contributed by atoms with Crippen LogP contribution >= 0.6 is 0 Å². The van der Waals surface area contributed by atoms with Gasteiger partial charge in [-0.25, -0.2) is 0 Å². The first-order valence-corrected chi connectivity index (χ1v) is 5.13. The van der Waals surface area contributed by atoms with Crippen LogP contribution in [0.25, 0.3) is 0 Å². The number of carbonyl (C=O) groups excluding carboxylic acids is 1. The summed E-state index contributed by atoms with van der Waals surface area (Å²) in [6, 6.07) is 8.99. The summed E-state index contributed by atoms with van der Waals surface area (Å²) < 4.78 is 0. The number of carbonyl (C=O) groups is 1. The molecule has 1 unspecified atom stereocenters. The topological polar surface area (TPSA) is 66.4 Å². The van der Waals surface area contributed by atoms with Gasteiger partial charge in [0.1, 0.15) is 0 Å². The number of hydrogen-bond donors (Lipinski definition) is 2. The zero-order chi connectivity index (χ0) is 11.8. The minimum absolute atomic E-state index is 0. The minimum Gasteiger partial charge on any atom is -0.520 e. The molecule has 1 amide bonds. The fourth-order valence-electron chi connectivity index (χ4n) is 1.48. The van der Waals surface area contributed by atoms with E-state index in [-0.39, 0.29) is 0 Å². The predicted octanol–water partition coefficient (Wildman–Crippen LogP) is 1.12. The molecule has 2 N–H and O–H groups in total. The van der Waals surface area contributed by atoms with Gasteiger partial charge in [-0.2, -0.15) is 6.41 Å². The number of nitrogens with one attached hydrogen (secondary N) is 1. The van der Waals surface area contributed by atoms with Crippen LogP contribution in [0.1, 0.15) is 18.4 Å². The number of aliphatic carboxylic acids is 1. The average Bonchev–Trinajstić information content (AvgIpc) is 2.29. The summed E-state index contributed by atoms with van der Waals surface area (Å²) in [4.78, 5) is 20.7. The summed E-state index contributed by atoms with van der Waals surface area (Å²) in [6.07, 6.45) is 3.36. The molecule has 0 bridgehead atoms. The van der Waals surface area contributed by atoms with Crippen molar-refractivity contribution >= 4 is 12.4 Å². The molecule has 0 aliphatic rings. The molecule has 1 rings (SSSR count). The van der Waals surface area contributed by atoms with Gasteiger partial charge in [-0.1, -0.05) is 30.3 Å². The van der Waals surface area contributed by atoms with Crippen LogP contribution in [0, 0.1) is 0 Å². The van der Waals surface area contributed by atoms with E-state index in [4.69, 9.17) is 5.11 Å². The number of aryl methyl sites for hydroxylation is 1. The van der Waals surface area contributed by atoms with Crippen molar-refractivity contribution in [1.29, 1.82) is 0 Å². The quantitative estimate of drug-likeness (QED) is 0.457. The van der Waals surface area contributed by atoms with E-state index in [0.29, 0.717) is 6.42 Å². The second-order valence-electron chi connectivity index (χ2n) is 3.52. The van der Waals surface area contributed by atoms with Crippen LogP contribution in [0.4, 0.5) is 0 Å². The van der Waals surface area contributed by atoms with Gasteiger partial charge in [0.05, 0.1) is 6.04 Å². The van der Waals surface area contributed by atoms with Crippen molar-refractivity contribution in [3.05, 3.63) is 35.9 Å². The Labute approximate surface area is 94.3 Å². The minimum atomic E-state index is -1.02. The molecular weight excluding hydrogens is 463 g/mol. The molecule has 0 radical (unpaired) electrons. The Balaban J connectivity index is 0.00000256. The molecule has 98 valence electrons. The normalized spacial score (nSPS) is 11.1. The molecule has 0 spiro atoms. The zero-order valence-corrected chi connectivity index (χ0v) is 11.5. The second-order valence-corrected chi connectivity index (χ2v) is 3.52. The molecule has 4 nitrogen and oxygen atoms in total. The van der Waals surface area contributed by atoms with Crippen LogP contribution < -0.4 is 5.32 Å². The van der Waals surface area contributed by atoms with Gasteiger partial charge in [0, 0.05) is 0 Å². The number of carboxylic acid groups (broad SMARTS) is 1. The third-order valence-corrected chi connectivity index (χ3v) is 2.33. The molecule has 0 heterocycles. The van der Waals surface area contributed by atoms with Crippen LogP contribution in [-0.2, 0) is 16.0 Å². The first kappa shape index (κ1) is 14.2. The Morgan fingerprint density at radius 3 is 2.53 bits per heavy atom. The van der Waals surface area contributed by atoms with E-state index >= 15 is 0 Å². The molecule has 0 aliphatic carbocycles. The smallest absolute Gasteiger partial charge is 0.323 e. The number of amides is 1. The number of benzene rings is 1. The fraction of sp³-hybridized carbons (Fsp3) is 0.333. The molecule has 0 saturated carbocycles. The van der Waals surface area contributed by atoms with Crippen LogP contribution in [-0.4, -0.2) is 23.5 Å². The summed E-state index contributed by atoms with van der Waals surface area (Å²) in [5, 5.41) is 10.9. The van der Waals surface area contributed by atoms with E-state index in [9.17, 15) is 9.59 Å². The van der Waals surface area contributed by atoms with E-state index in [1.165, 1.54) is 12.0 Å². The van der Waals surface area contributed by atoms with E-state index < -0.39 is 12.0 Å². The third kappa shape index (κ3) is 4.97. The van der Waals surface area contributed by atoms with Crippen molar-refractivity contribution in [3.63, 3.8) is 0 Å². The SMILES string of the molecule is O=[C-]NC(CCCc1ccccc1)C(=O)O.[Fm]. The molecule has 1 aromatic rings. The molecule has 1 atom stereocenters. The molecule has 5 heteroatoms. The molecule has 0 aliphatic heterocycles. The number of hydrogen-bond acceptors (Lipinski definition) is 2. The van der Waals surface area contributed by atoms with Gasteiger partial charge in [-0.15, -0.1) is 0 Å². The molecule has 17 heavy (non-hydrogen) atoms. The summed E-state index contributed by atoms with van der Waals surface area (Å²) in [5.74, 6) is -1.02. The van der Waals surface area contributed by atoms with E-state index in [1.807, 2.05) is 30.3 Å². The van der Waals surface area contributed by atoms with E-state index in [1.54, 1.807) is 0 Å². The van der Waals surface area contributed by atoms with Gasteiger partial charge in [-0.05, 0) is 24.8 Å². The van der Waals surface area contributed by atoms with Crippen molar-refractivity contribution in [3.8, 4) is 0 Å². The van der Waals surface area contributed by atoms with E-state index in [0.717, 1.165) is 12.8 Å². The Morgan fingerprint density at radius 1 is 1.35 bits per heavy atom. The predicted molar refractivity (Wildman–Crippen MR) is 59.6 cm³/mol. The first-order valence-electron chi connectivity index (χ1n) is 5.13. The van der Waals surface area contributed by atoms with Crippen LogP contribution in [0.5, 0.6) is 0 Å². The fourth-order valence-corrected chi connectivity index (χ4v) is 1.48. The van der Waals surface area contributed by atoms with Gasteiger partial charge in [0.2, 0.25) is 0 Å². The summed E-state index contributed by atoms with van der Waals surface area (Å²) in [7, 11) is 0. The van der Waals surface area contributed by atoms with Gasteiger partial charge in [0.25, 0.3) is 0 Å². The first-order chi connectivity index (χ1) is 7.74. The molecule has 0 saturated heterocycles. The molecule has 0 fully saturated rings. The second kappa shape index (κ2) is 7.45. The van der Waals surface area contributed by atoms with E-state index in [2.05, 4.69) is 5.32 Å². The monoisotopic (exact) mass is 477 g/mol. The Bertz CT molecular complexity index is 343. The summed E-state index contributed by atoms with van der Waals surface area (Å²) in [6.45, 7) is 0. The van der Waals surface area contributed by atoms with Crippen molar-refractivity contribution in [1.82, 2.24) is 5.32 Å². The molecule has 1 aromatic carbocycles. The Morgan fingerprint density at radius 2 is 2.00 bits per heavy atom. The average molecular weight is 477 g/mol. The maximum Gasteiger partial charge on any atom is 0.323 e. The van der Waals surface area contributed by atoms with Gasteiger partial charge in [-0.3, -0.25) is 4.79 Å². The van der Waals surface area contributed by atoms with Crippen LogP contribution in [0.2, 0.25) is 0 Å². The van der Waals surface area contributed by atoms with Crippen molar-refractivity contribution < 1.29 is 14.7 Å². The largest absolute Gasteiger partial charge is 0.520 e. The number of rotatable bonds is 7. The maximum atomic E-state index is 10.7. The maximum absolute atomic E-state index is 10.7. The Kier molecular flexibility index (Phi) is 6.21. The van der Waals surface area contributed by atoms with Crippen LogP contribution in [0.15, 0.2) is 30.3 Å². The van der Waals surface area contributed by atoms with Gasteiger partial charge in [0.15, 0.2) is 0 Å². The molecule has 0 aromatic heterocycles. The van der Waals surface area contributed by atoms with Crippen molar-refractivity contribution in [2.24, 2.45) is 0 Å². The third-order valence-electron chi connectivity index (χ3n) is 2.33. The van der Waals surface area contributed by atoms with Gasteiger partial charge >= 0.3 is 5.97 Å². The molecular formula is C12H14FmNO3-. The number of carboxylic acids is 1. The van der Waals surface area contributed by atoms with Gasteiger partial charge < -0.3 is 15.2 Å². The zero-order valence-electron chi connectivity index (χ0n) is 9.14. The van der Waals surface area contributed by atoms with Crippen molar-refractivity contribution in [2.45, 2.75) is 25.3 Å². The van der Waals surface area contributed by atoms with Crippen LogP contribution in [0.3, 0.4) is 0 Å². The summed E-state index contributed by atoms with van der Waals surface area (Å²) >= 11 is 0. The van der Waals surface area contributed by atoms with Crippen molar-refractivity contribution in [2.75, 3.05) is 0 Å². The standard InChI is InChI=1S/C12H14NO3.Fm/c14-9-13-11(12(15)16)8-4-7-10-5-2-1-3-6-10;/h1-3,5-6,11H,4,7-8H2,(H,13,14)(H,15,16);/q-1;. The Hall–Kier alpha value is -2.84. The summed E-state index contributed by atoms with van der Waals surface area (Å²) in [5.41, 5.74) is 1.17.